The maximum absolute atomic E-state index is 10.9. The Morgan fingerprint density at radius 2 is 2.09 bits per heavy atom. The Bertz CT molecular complexity index is 228. The predicted octanol–water partition coefficient (Wildman–Crippen LogP) is 0.970. The summed E-state index contributed by atoms with van der Waals surface area (Å²) in [5.41, 5.74) is 0. The summed E-state index contributed by atoms with van der Waals surface area (Å²) in [7, 11) is -3.05. The molecule has 0 aromatic heterocycles. The molecule has 11 heavy (non-hydrogen) atoms. The van der Waals surface area contributed by atoms with Gasteiger partial charge in [-0.25, -0.2) is 8.42 Å². The van der Waals surface area contributed by atoms with Crippen LogP contribution in [0.1, 0.15) is 13.8 Å². The molecule has 0 spiro atoms. The highest BCUT2D eigenvalue weighted by atomic mass is 32.2. The minimum Gasteiger partial charge on any atom is -0.497 e. The summed E-state index contributed by atoms with van der Waals surface area (Å²) in [4.78, 5) is 0. The van der Waals surface area contributed by atoms with Gasteiger partial charge in [-0.1, -0.05) is 6.58 Å². The van der Waals surface area contributed by atoms with Crippen molar-refractivity contribution >= 4 is 9.84 Å². The van der Waals surface area contributed by atoms with E-state index in [1.54, 1.807) is 13.8 Å². The first-order valence-corrected chi connectivity index (χ1v) is 5.35. The highest BCUT2D eigenvalue weighted by molar-refractivity contribution is 7.91. The second-order valence-corrected chi connectivity index (χ2v) is 4.74. The summed E-state index contributed by atoms with van der Waals surface area (Å²) in [5, 5.41) is -0.609. The molecular weight excluding hydrogens is 164 g/mol. The van der Waals surface area contributed by atoms with Gasteiger partial charge in [0.1, 0.15) is 11.0 Å². The Hall–Kier alpha value is -0.510. The van der Waals surface area contributed by atoms with Crippen LogP contribution in [0.4, 0.5) is 0 Å². The van der Waals surface area contributed by atoms with E-state index in [0.717, 1.165) is 0 Å². The van der Waals surface area contributed by atoms with Crippen LogP contribution in [0.2, 0.25) is 0 Å². The highest BCUT2D eigenvalue weighted by Gasteiger charge is 2.18. The minimum atomic E-state index is -3.05. The first-order valence-electron chi connectivity index (χ1n) is 3.40. The Morgan fingerprint density at radius 1 is 1.64 bits per heavy atom. The maximum atomic E-state index is 10.9. The Labute approximate surface area is 68.0 Å². The van der Waals surface area contributed by atoms with Crippen molar-refractivity contribution < 1.29 is 13.2 Å². The third-order valence-corrected chi connectivity index (χ3v) is 2.97. The molecule has 0 bridgehead atoms. The molecular formula is C7H14O3S. The van der Waals surface area contributed by atoms with E-state index in [-0.39, 0.29) is 0 Å². The van der Waals surface area contributed by atoms with Gasteiger partial charge in [0.15, 0.2) is 9.84 Å². The van der Waals surface area contributed by atoms with Crippen molar-refractivity contribution in [3.05, 3.63) is 12.3 Å². The van der Waals surface area contributed by atoms with Gasteiger partial charge in [-0.3, -0.25) is 0 Å². The Balaban J connectivity index is 4.27. The van der Waals surface area contributed by atoms with Crippen LogP contribution in [-0.2, 0) is 14.6 Å². The van der Waals surface area contributed by atoms with Gasteiger partial charge in [0, 0.05) is 6.26 Å². The minimum absolute atomic E-state index is 0.315. The number of ether oxygens (including phenoxy) is 1. The van der Waals surface area contributed by atoms with Crippen molar-refractivity contribution in [2.24, 2.45) is 0 Å². The molecule has 0 amide bonds. The zero-order valence-electron chi connectivity index (χ0n) is 7.12. The van der Waals surface area contributed by atoms with Crippen molar-refractivity contribution in [2.75, 3.05) is 12.9 Å². The van der Waals surface area contributed by atoms with Crippen LogP contribution in [-0.4, -0.2) is 26.5 Å². The van der Waals surface area contributed by atoms with Gasteiger partial charge in [-0.15, -0.1) is 0 Å². The molecule has 0 saturated heterocycles. The number of sulfone groups is 1. The molecule has 66 valence electrons. The largest absolute Gasteiger partial charge is 0.497 e. The standard InChI is InChI=1S/C7H14O3S/c1-5-10-6(2)7(3)11(4,8)9/h7H,2,5H2,1,3-4H3. The molecule has 0 N–H and O–H groups in total. The van der Waals surface area contributed by atoms with Gasteiger partial charge in [0.25, 0.3) is 0 Å². The molecule has 0 radical (unpaired) electrons. The summed E-state index contributed by atoms with van der Waals surface area (Å²) in [6.07, 6.45) is 1.17. The van der Waals surface area contributed by atoms with Gasteiger partial charge < -0.3 is 4.74 Å². The zero-order valence-corrected chi connectivity index (χ0v) is 7.94. The van der Waals surface area contributed by atoms with Crippen molar-refractivity contribution in [1.82, 2.24) is 0 Å². The van der Waals surface area contributed by atoms with E-state index in [4.69, 9.17) is 4.74 Å². The SMILES string of the molecule is C=C(OCC)C(C)S(C)(=O)=O. The van der Waals surface area contributed by atoms with Crippen LogP contribution in [0.3, 0.4) is 0 Å². The van der Waals surface area contributed by atoms with Gasteiger partial charge in [-0.2, -0.15) is 0 Å². The molecule has 0 heterocycles. The smallest absolute Gasteiger partial charge is 0.157 e. The van der Waals surface area contributed by atoms with Gasteiger partial charge in [0.05, 0.1) is 6.61 Å². The summed E-state index contributed by atoms with van der Waals surface area (Å²) in [5.74, 6) is 0.315. The molecule has 3 nitrogen and oxygen atoms in total. The Kier molecular flexibility index (Phi) is 3.58. The van der Waals surface area contributed by atoms with E-state index in [9.17, 15) is 8.42 Å². The van der Waals surface area contributed by atoms with Crippen molar-refractivity contribution in [3.63, 3.8) is 0 Å². The maximum Gasteiger partial charge on any atom is 0.157 e. The van der Waals surface area contributed by atoms with Crippen molar-refractivity contribution in [2.45, 2.75) is 19.1 Å². The Morgan fingerprint density at radius 3 is 2.36 bits per heavy atom. The first-order chi connectivity index (χ1) is 4.89. The molecule has 0 aliphatic rings. The van der Waals surface area contributed by atoms with Crippen LogP contribution in [0.25, 0.3) is 0 Å². The van der Waals surface area contributed by atoms with Crippen LogP contribution in [0, 0.1) is 0 Å². The first kappa shape index (κ1) is 10.5. The molecule has 0 rings (SSSR count). The lowest BCUT2D eigenvalue weighted by Gasteiger charge is -2.12. The third-order valence-electron chi connectivity index (χ3n) is 1.43. The van der Waals surface area contributed by atoms with E-state index in [1.165, 1.54) is 6.26 Å². The number of rotatable bonds is 4. The quantitative estimate of drug-likeness (QED) is 0.602. The summed E-state index contributed by atoms with van der Waals surface area (Å²) < 4.78 is 26.8. The lowest BCUT2D eigenvalue weighted by Crippen LogP contribution is -2.19. The summed E-state index contributed by atoms with van der Waals surface area (Å²) >= 11 is 0. The van der Waals surface area contributed by atoms with Crippen LogP contribution in [0.5, 0.6) is 0 Å². The van der Waals surface area contributed by atoms with Crippen LogP contribution >= 0.6 is 0 Å². The van der Waals surface area contributed by atoms with E-state index >= 15 is 0 Å². The molecule has 1 atom stereocenters. The fraction of sp³-hybridized carbons (Fsp3) is 0.714. The average molecular weight is 178 g/mol. The fourth-order valence-corrected chi connectivity index (χ4v) is 1.09. The predicted molar refractivity (Wildman–Crippen MR) is 45.1 cm³/mol. The molecule has 0 aliphatic carbocycles. The lowest BCUT2D eigenvalue weighted by atomic mass is 10.4. The van der Waals surface area contributed by atoms with E-state index in [0.29, 0.717) is 12.4 Å². The lowest BCUT2D eigenvalue weighted by molar-refractivity contribution is 0.223. The van der Waals surface area contributed by atoms with Crippen LogP contribution in [0.15, 0.2) is 12.3 Å². The average Bonchev–Trinajstić information content (AvgIpc) is 1.85. The topological polar surface area (TPSA) is 43.4 Å². The van der Waals surface area contributed by atoms with Crippen molar-refractivity contribution in [1.29, 1.82) is 0 Å². The second kappa shape index (κ2) is 3.76. The van der Waals surface area contributed by atoms with Gasteiger partial charge in [-0.05, 0) is 13.8 Å². The van der Waals surface area contributed by atoms with E-state index in [1.807, 2.05) is 0 Å². The fourth-order valence-electron chi connectivity index (χ4n) is 0.542. The van der Waals surface area contributed by atoms with Gasteiger partial charge >= 0.3 is 0 Å². The van der Waals surface area contributed by atoms with Gasteiger partial charge in [0.2, 0.25) is 0 Å². The molecule has 1 unspecified atom stereocenters. The zero-order chi connectivity index (χ0) is 9.07. The number of hydrogen-bond donors (Lipinski definition) is 0. The summed E-state index contributed by atoms with van der Waals surface area (Å²) in [6.45, 7) is 7.32. The number of hydrogen-bond acceptors (Lipinski definition) is 3. The monoisotopic (exact) mass is 178 g/mol. The molecule has 0 saturated carbocycles. The molecule has 4 heteroatoms. The van der Waals surface area contributed by atoms with E-state index in [2.05, 4.69) is 6.58 Å². The highest BCUT2D eigenvalue weighted by Crippen LogP contribution is 2.09. The molecule has 0 aromatic rings. The second-order valence-electron chi connectivity index (χ2n) is 2.37. The van der Waals surface area contributed by atoms with E-state index < -0.39 is 15.1 Å². The van der Waals surface area contributed by atoms with Crippen molar-refractivity contribution in [3.8, 4) is 0 Å². The summed E-state index contributed by atoms with van der Waals surface area (Å²) in [6, 6.07) is 0. The van der Waals surface area contributed by atoms with Crippen LogP contribution < -0.4 is 0 Å². The normalized spacial score (nSPS) is 14.1. The third kappa shape index (κ3) is 3.41. The molecule has 0 fully saturated rings. The molecule has 0 aliphatic heterocycles. The molecule has 0 aromatic carbocycles.